The second-order valence-electron chi connectivity index (χ2n) is 7.18. The molecule has 4 heterocycles. The molecule has 27 heavy (non-hydrogen) atoms. The van der Waals surface area contributed by atoms with Gasteiger partial charge in [-0.3, -0.25) is 9.69 Å². The van der Waals surface area contributed by atoms with E-state index in [1.54, 1.807) is 6.07 Å². The van der Waals surface area contributed by atoms with Crippen molar-refractivity contribution in [2.24, 2.45) is 0 Å². The minimum absolute atomic E-state index is 0.171. The van der Waals surface area contributed by atoms with Crippen molar-refractivity contribution in [3.05, 3.63) is 59.9 Å². The molecule has 6 heteroatoms. The summed E-state index contributed by atoms with van der Waals surface area (Å²) in [6.45, 7) is 4.88. The van der Waals surface area contributed by atoms with Crippen LogP contribution in [0.1, 0.15) is 54.2 Å². The number of carbonyl (C=O) groups excluding carboxylic acids is 1. The summed E-state index contributed by atoms with van der Waals surface area (Å²) in [6, 6.07) is 9.82. The lowest BCUT2D eigenvalue weighted by molar-refractivity contribution is 0.0917. The van der Waals surface area contributed by atoms with Crippen LogP contribution in [0.2, 0.25) is 0 Å². The normalized spacial score (nSPS) is 16.5. The summed E-state index contributed by atoms with van der Waals surface area (Å²) in [6.07, 6.45) is 8.43. The Morgan fingerprint density at radius 1 is 1.22 bits per heavy atom. The number of nitrogens with zero attached hydrogens (tertiary/aromatic N) is 3. The molecule has 0 unspecified atom stereocenters. The zero-order chi connectivity index (χ0) is 18.6. The zero-order valence-electron chi connectivity index (χ0n) is 15.7. The quantitative estimate of drug-likeness (QED) is 0.726. The highest BCUT2D eigenvalue weighted by Crippen LogP contribution is 2.25. The molecule has 0 aliphatic carbocycles. The van der Waals surface area contributed by atoms with Gasteiger partial charge in [-0.05, 0) is 57.1 Å². The molecule has 0 aromatic carbocycles. The zero-order valence-corrected chi connectivity index (χ0v) is 15.7. The summed E-state index contributed by atoms with van der Waals surface area (Å²) in [5, 5.41) is 2.93. The highest BCUT2D eigenvalue weighted by molar-refractivity contribution is 5.91. The Labute approximate surface area is 159 Å². The maximum atomic E-state index is 12.4. The van der Waals surface area contributed by atoms with Gasteiger partial charge in [0.1, 0.15) is 11.4 Å². The molecule has 0 bridgehead atoms. The van der Waals surface area contributed by atoms with E-state index in [1.807, 2.05) is 41.1 Å². The third-order valence-corrected chi connectivity index (χ3v) is 5.28. The molecule has 1 fully saturated rings. The Morgan fingerprint density at radius 2 is 2.07 bits per heavy atom. The lowest BCUT2D eigenvalue weighted by Gasteiger charge is -2.31. The third-order valence-electron chi connectivity index (χ3n) is 5.28. The average Bonchev–Trinajstić information content (AvgIpc) is 3.35. The Kier molecular flexibility index (Phi) is 5.25. The number of rotatable bonds is 6. The van der Waals surface area contributed by atoms with Crippen LogP contribution in [0.25, 0.3) is 5.65 Å². The fourth-order valence-electron chi connectivity index (χ4n) is 3.68. The molecule has 1 N–H and O–H groups in total. The Hall–Kier alpha value is -2.60. The van der Waals surface area contributed by atoms with Crippen LogP contribution >= 0.6 is 0 Å². The summed E-state index contributed by atoms with van der Waals surface area (Å²) >= 11 is 0. The van der Waals surface area contributed by atoms with Gasteiger partial charge in [-0.2, -0.15) is 0 Å². The van der Waals surface area contributed by atoms with E-state index in [9.17, 15) is 4.79 Å². The van der Waals surface area contributed by atoms with Crippen LogP contribution in [-0.4, -0.2) is 39.8 Å². The van der Waals surface area contributed by atoms with Crippen LogP contribution in [0.15, 0.2) is 47.1 Å². The van der Waals surface area contributed by atoms with Crippen LogP contribution < -0.4 is 5.32 Å². The molecule has 1 saturated heterocycles. The van der Waals surface area contributed by atoms with Gasteiger partial charge in [0.05, 0.1) is 11.7 Å². The maximum absolute atomic E-state index is 12.4. The van der Waals surface area contributed by atoms with Gasteiger partial charge >= 0.3 is 0 Å². The average molecular weight is 366 g/mol. The standard InChI is InChI=1S/C21H26N4O2/c1-16(24-12-4-2-5-13-24)18-8-9-19(27-18)21(26)22-11-10-17-15-25-14-6-3-7-20(25)23-17/h3,6-9,14-16H,2,4-5,10-13H2,1H3,(H,22,26)/t16-/m1/s1. The van der Waals surface area contributed by atoms with Gasteiger partial charge in [-0.1, -0.05) is 12.5 Å². The fraction of sp³-hybridized carbons (Fsp3) is 0.429. The predicted octanol–water partition coefficient (Wildman–Crippen LogP) is 3.45. The van der Waals surface area contributed by atoms with Crippen LogP contribution in [0.3, 0.4) is 0 Å². The minimum Gasteiger partial charge on any atom is -0.454 e. The molecule has 142 valence electrons. The van der Waals surface area contributed by atoms with Crippen LogP contribution in [0.4, 0.5) is 0 Å². The minimum atomic E-state index is -0.171. The number of imidazole rings is 1. The van der Waals surface area contributed by atoms with Gasteiger partial charge in [0.25, 0.3) is 5.91 Å². The largest absolute Gasteiger partial charge is 0.454 e. The van der Waals surface area contributed by atoms with E-state index < -0.39 is 0 Å². The number of hydrogen-bond donors (Lipinski definition) is 1. The van der Waals surface area contributed by atoms with Crippen molar-refractivity contribution in [1.82, 2.24) is 19.6 Å². The second-order valence-corrected chi connectivity index (χ2v) is 7.18. The number of nitrogens with one attached hydrogen (secondary N) is 1. The molecule has 6 nitrogen and oxygen atoms in total. The molecule has 1 amide bonds. The molecule has 1 aliphatic heterocycles. The van der Waals surface area contributed by atoms with Crippen LogP contribution in [0, 0.1) is 0 Å². The highest BCUT2D eigenvalue weighted by atomic mass is 16.4. The summed E-state index contributed by atoms with van der Waals surface area (Å²) in [5.41, 5.74) is 1.88. The number of hydrogen-bond acceptors (Lipinski definition) is 4. The molecule has 0 radical (unpaired) electrons. The summed E-state index contributed by atoms with van der Waals surface area (Å²) < 4.78 is 7.82. The predicted molar refractivity (Wildman–Crippen MR) is 104 cm³/mol. The number of amides is 1. The third kappa shape index (κ3) is 4.06. The van der Waals surface area contributed by atoms with Gasteiger partial charge in [0, 0.05) is 25.4 Å². The monoisotopic (exact) mass is 366 g/mol. The van der Waals surface area contributed by atoms with Gasteiger partial charge in [0.2, 0.25) is 0 Å². The van der Waals surface area contributed by atoms with Crippen LogP contribution in [0.5, 0.6) is 0 Å². The lowest BCUT2D eigenvalue weighted by Crippen LogP contribution is -2.32. The van der Waals surface area contributed by atoms with Crippen molar-refractivity contribution in [3.63, 3.8) is 0 Å². The van der Waals surface area contributed by atoms with Crippen molar-refractivity contribution in [3.8, 4) is 0 Å². The van der Waals surface area contributed by atoms with Crippen molar-refractivity contribution >= 4 is 11.6 Å². The number of furan rings is 1. The number of likely N-dealkylation sites (tertiary alicyclic amines) is 1. The number of piperidine rings is 1. The molecule has 0 spiro atoms. The first-order chi connectivity index (χ1) is 13.2. The van der Waals surface area contributed by atoms with E-state index in [-0.39, 0.29) is 11.9 Å². The fourth-order valence-corrected chi connectivity index (χ4v) is 3.68. The van der Waals surface area contributed by atoms with Crippen molar-refractivity contribution in [2.45, 2.75) is 38.6 Å². The Morgan fingerprint density at radius 3 is 2.89 bits per heavy atom. The Balaban J connectivity index is 1.31. The van der Waals surface area contributed by atoms with E-state index in [1.165, 1.54) is 19.3 Å². The topological polar surface area (TPSA) is 62.8 Å². The molecule has 3 aromatic heterocycles. The van der Waals surface area contributed by atoms with Gasteiger partial charge in [-0.15, -0.1) is 0 Å². The van der Waals surface area contributed by atoms with Gasteiger partial charge in [0.15, 0.2) is 5.76 Å². The Bertz CT molecular complexity index is 875. The lowest BCUT2D eigenvalue weighted by atomic mass is 10.1. The first-order valence-corrected chi connectivity index (χ1v) is 9.75. The van der Waals surface area contributed by atoms with E-state index >= 15 is 0 Å². The number of carbonyl (C=O) groups is 1. The molecular weight excluding hydrogens is 340 g/mol. The van der Waals surface area contributed by atoms with Gasteiger partial charge < -0.3 is 14.1 Å². The molecule has 1 aliphatic rings. The number of pyridine rings is 1. The van der Waals surface area contributed by atoms with Crippen molar-refractivity contribution in [2.75, 3.05) is 19.6 Å². The molecule has 1 atom stereocenters. The van der Waals surface area contributed by atoms with Crippen LogP contribution in [-0.2, 0) is 6.42 Å². The highest BCUT2D eigenvalue weighted by Gasteiger charge is 2.22. The first kappa shape index (κ1) is 17.8. The summed E-state index contributed by atoms with van der Waals surface area (Å²) in [7, 11) is 0. The number of aromatic nitrogens is 2. The summed E-state index contributed by atoms with van der Waals surface area (Å²) in [5.74, 6) is 1.07. The van der Waals surface area contributed by atoms with E-state index in [4.69, 9.17) is 4.42 Å². The van der Waals surface area contributed by atoms with E-state index in [2.05, 4.69) is 22.1 Å². The van der Waals surface area contributed by atoms with E-state index in [0.717, 1.165) is 30.2 Å². The SMILES string of the molecule is C[C@H](c1ccc(C(=O)NCCc2cn3ccccc3n2)o1)N1CCCCC1. The molecule has 0 saturated carbocycles. The van der Waals surface area contributed by atoms with Crippen molar-refractivity contribution < 1.29 is 9.21 Å². The smallest absolute Gasteiger partial charge is 0.287 e. The molecule has 3 aromatic rings. The number of fused-ring (bicyclic) bond motifs is 1. The summed E-state index contributed by atoms with van der Waals surface area (Å²) in [4.78, 5) is 19.3. The molecule has 4 rings (SSSR count). The maximum Gasteiger partial charge on any atom is 0.287 e. The molecular formula is C21H26N4O2. The van der Waals surface area contributed by atoms with E-state index in [0.29, 0.717) is 18.7 Å². The van der Waals surface area contributed by atoms with Crippen molar-refractivity contribution in [1.29, 1.82) is 0 Å². The first-order valence-electron chi connectivity index (χ1n) is 9.75. The second kappa shape index (κ2) is 7.96. The van der Waals surface area contributed by atoms with Gasteiger partial charge in [-0.25, -0.2) is 4.98 Å².